The SMILES string of the molecule is Cc1cc(C)c2c(n1)sc1c(Nc3c(F)cccc3F)ncnc12. The Kier molecular flexibility index (Phi) is 3.38. The van der Waals surface area contributed by atoms with Crippen LogP contribution >= 0.6 is 11.3 Å². The van der Waals surface area contributed by atoms with E-state index >= 15 is 0 Å². The second-order valence-corrected chi connectivity index (χ2v) is 6.48. The number of hydrogen-bond donors (Lipinski definition) is 1. The van der Waals surface area contributed by atoms with Gasteiger partial charge in [0.15, 0.2) is 5.82 Å². The standard InChI is InChI=1S/C17H12F2N4S/c1-8-6-9(2)22-17-12(8)14-15(24-17)16(21-7-20-14)23-13-10(18)4-3-5-11(13)19/h3-7H,1-2H3,(H,20,21,23). The lowest BCUT2D eigenvalue weighted by molar-refractivity contribution is 0.590. The lowest BCUT2D eigenvalue weighted by atomic mass is 10.1. The monoisotopic (exact) mass is 342 g/mol. The highest BCUT2D eigenvalue weighted by Gasteiger charge is 2.16. The van der Waals surface area contributed by atoms with Gasteiger partial charge < -0.3 is 5.32 Å². The molecule has 0 aliphatic carbocycles. The molecule has 0 unspecified atom stereocenters. The number of aromatic nitrogens is 3. The molecule has 0 aliphatic heterocycles. The van der Waals surface area contributed by atoms with E-state index in [0.717, 1.165) is 31.7 Å². The number of pyridine rings is 1. The number of nitrogens with one attached hydrogen (secondary N) is 1. The maximum absolute atomic E-state index is 13.9. The third-order valence-electron chi connectivity index (χ3n) is 3.76. The van der Waals surface area contributed by atoms with Crippen molar-refractivity contribution in [3.63, 3.8) is 0 Å². The summed E-state index contributed by atoms with van der Waals surface area (Å²) in [5.41, 5.74) is 2.48. The van der Waals surface area contributed by atoms with Crippen LogP contribution in [0.5, 0.6) is 0 Å². The summed E-state index contributed by atoms with van der Waals surface area (Å²) in [6, 6.07) is 5.70. The molecule has 7 heteroatoms. The Morgan fingerprint density at radius 1 is 1.08 bits per heavy atom. The van der Waals surface area contributed by atoms with Gasteiger partial charge in [-0.25, -0.2) is 23.7 Å². The molecule has 0 radical (unpaired) electrons. The summed E-state index contributed by atoms with van der Waals surface area (Å²) in [5, 5.41) is 3.70. The Hall–Kier alpha value is -2.67. The molecule has 0 fully saturated rings. The van der Waals surface area contributed by atoms with Crippen molar-refractivity contribution in [3.8, 4) is 0 Å². The van der Waals surface area contributed by atoms with Gasteiger partial charge in [-0.15, -0.1) is 11.3 Å². The third-order valence-corrected chi connectivity index (χ3v) is 4.84. The van der Waals surface area contributed by atoms with Gasteiger partial charge in [0.2, 0.25) is 0 Å². The van der Waals surface area contributed by atoms with Gasteiger partial charge in [0.1, 0.15) is 28.5 Å². The fraction of sp³-hybridized carbons (Fsp3) is 0.118. The topological polar surface area (TPSA) is 50.7 Å². The molecule has 4 nitrogen and oxygen atoms in total. The van der Waals surface area contributed by atoms with Crippen LogP contribution in [0.2, 0.25) is 0 Å². The molecule has 0 aliphatic rings. The van der Waals surface area contributed by atoms with Gasteiger partial charge >= 0.3 is 0 Å². The van der Waals surface area contributed by atoms with Crippen molar-refractivity contribution in [2.45, 2.75) is 13.8 Å². The number of rotatable bonds is 2. The number of aryl methyl sites for hydroxylation is 2. The van der Waals surface area contributed by atoms with Crippen molar-refractivity contribution < 1.29 is 8.78 Å². The highest BCUT2D eigenvalue weighted by atomic mass is 32.1. The maximum atomic E-state index is 13.9. The molecule has 1 aromatic carbocycles. The Morgan fingerprint density at radius 3 is 2.58 bits per heavy atom. The van der Waals surface area contributed by atoms with E-state index < -0.39 is 11.6 Å². The summed E-state index contributed by atoms with van der Waals surface area (Å²) in [7, 11) is 0. The zero-order valence-corrected chi connectivity index (χ0v) is 13.7. The van der Waals surface area contributed by atoms with E-state index in [9.17, 15) is 8.78 Å². The molecule has 3 aromatic heterocycles. The summed E-state index contributed by atoms with van der Waals surface area (Å²) < 4.78 is 28.5. The number of thiophene rings is 1. The van der Waals surface area contributed by atoms with Crippen molar-refractivity contribution in [2.75, 3.05) is 5.32 Å². The molecule has 0 atom stereocenters. The van der Waals surface area contributed by atoms with Crippen LogP contribution in [-0.4, -0.2) is 15.0 Å². The third kappa shape index (κ3) is 2.28. The Labute approximate surface area is 140 Å². The molecule has 24 heavy (non-hydrogen) atoms. The van der Waals surface area contributed by atoms with Gasteiger partial charge in [0.05, 0.1) is 10.2 Å². The zero-order valence-electron chi connectivity index (χ0n) is 12.9. The fourth-order valence-corrected chi connectivity index (χ4v) is 3.93. The van der Waals surface area contributed by atoms with E-state index in [1.807, 2.05) is 19.9 Å². The van der Waals surface area contributed by atoms with Crippen LogP contribution in [0.15, 0.2) is 30.6 Å². The molecular formula is C17H12F2N4S. The molecule has 3 heterocycles. The minimum Gasteiger partial charge on any atom is -0.334 e. The number of nitrogens with zero attached hydrogens (tertiary/aromatic N) is 3. The second-order valence-electron chi connectivity index (χ2n) is 5.48. The Balaban J connectivity index is 1.95. The van der Waals surface area contributed by atoms with Crippen molar-refractivity contribution in [1.29, 1.82) is 0 Å². The van der Waals surface area contributed by atoms with Crippen molar-refractivity contribution >= 4 is 43.3 Å². The van der Waals surface area contributed by atoms with E-state index in [-0.39, 0.29) is 5.69 Å². The quantitative estimate of drug-likeness (QED) is 0.564. The minimum atomic E-state index is -0.673. The van der Waals surface area contributed by atoms with Gasteiger partial charge in [-0.3, -0.25) is 0 Å². The van der Waals surface area contributed by atoms with E-state index in [1.165, 1.54) is 35.9 Å². The van der Waals surface area contributed by atoms with Crippen LogP contribution in [-0.2, 0) is 0 Å². The van der Waals surface area contributed by atoms with Crippen LogP contribution in [0.1, 0.15) is 11.3 Å². The van der Waals surface area contributed by atoms with E-state index in [2.05, 4.69) is 20.3 Å². The van der Waals surface area contributed by atoms with Crippen LogP contribution in [0.25, 0.3) is 20.4 Å². The van der Waals surface area contributed by atoms with Crippen LogP contribution in [0.3, 0.4) is 0 Å². The van der Waals surface area contributed by atoms with Crippen LogP contribution < -0.4 is 5.32 Å². The first-order valence-electron chi connectivity index (χ1n) is 7.27. The molecule has 0 amide bonds. The summed E-state index contributed by atoms with van der Waals surface area (Å²) in [6.07, 6.45) is 1.38. The number of benzene rings is 1. The highest BCUT2D eigenvalue weighted by Crippen LogP contribution is 2.38. The summed E-state index contributed by atoms with van der Waals surface area (Å²) >= 11 is 1.40. The van der Waals surface area contributed by atoms with E-state index in [0.29, 0.717) is 5.82 Å². The summed E-state index contributed by atoms with van der Waals surface area (Å²) in [4.78, 5) is 13.9. The molecule has 0 saturated carbocycles. The molecule has 4 rings (SSSR count). The van der Waals surface area contributed by atoms with Crippen molar-refractivity contribution in [2.24, 2.45) is 0 Å². The second kappa shape index (κ2) is 5.45. The lowest BCUT2D eigenvalue weighted by Gasteiger charge is -2.08. The van der Waals surface area contributed by atoms with E-state index in [1.54, 1.807) is 0 Å². The van der Waals surface area contributed by atoms with Crippen molar-refractivity contribution in [1.82, 2.24) is 15.0 Å². The first-order chi connectivity index (χ1) is 11.5. The average Bonchev–Trinajstić information content (AvgIpc) is 2.90. The largest absolute Gasteiger partial charge is 0.334 e. The normalized spacial score (nSPS) is 11.3. The lowest BCUT2D eigenvalue weighted by Crippen LogP contribution is -1.99. The predicted octanol–water partition coefficient (Wildman–Crippen LogP) is 4.88. The molecule has 0 bridgehead atoms. The van der Waals surface area contributed by atoms with Gasteiger partial charge in [-0.2, -0.15) is 0 Å². The maximum Gasteiger partial charge on any atom is 0.152 e. The number of fused-ring (bicyclic) bond motifs is 3. The van der Waals surface area contributed by atoms with Crippen LogP contribution in [0, 0.1) is 25.5 Å². The summed E-state index contributed by atoms with van der Waals surface area (Å²) in [6.45, 7) is 3.92. The number of para-hydroxylation sites is 1. The molecule has 120 valence electrons. The van der Waals surface area contributed by atoms with Gasteiger partial charge in [0, 0.05) is 11.1 Å². The van der Waals surface area contributed by atoms with Gasteiger partial charge in [-0.1, -0.05) is 6.07 Å². The minimum absolute atomic E-state index is 0.226. The summed E-state index contributed by atoms with van der Waals surface area (Å²) in [5.74, 6) is -0.981. The highest BCUT2D eigenvalue weighted by molar-refractivity contribution is 7.26. The Morgan fingerprint density at radius 2 is 1.83 bits per heavy atom. The number of halogens is 2. The fourth-order valence-electron chi connectivity index (χ4n) is 2.73. The number of hydrogen-bond acceptors (Lipinski definition) is 5. The zero-order chi connectivity index (χ0) is 16.8. The molecule has 0 spiro atoms. The predicted molar refractivity (Wildman–Crippen MR) is 91.8 cm³/mol. The molecular weight excluding hydrogens is 330 g/mol. The van der Waals surface area contributed by atoms with Gasteiger partial charge in [0.25, 0.3) is 0 Å². The Bertz CT molecular complexity index is 1070. The van der Waals surface area contributed by atoms with Gasteiger partial charge in [-0.05, 0) is 37.6 Å². The molecule has 4 aromatic rings. The first-order valence-corrected chi connectivity index (χ1v) is 8.08. The first kappa shape index (κ1) is 14.9. The van der Waals surface area contributed by atoms with Crippen molar-refractivity contribution in [3.05, 3.63) is 53.5 Å². The number of anilines is 2. The smallest absolute Gasteiger partial charge is 0.152 e. The van der Waals surface area contributed by atoms with Crippen LogP contribution in [0.4, 0.5) is 20.3 Å². The average molecular weight is 342 g/mol. The van der Waals surface area contributed by atoms with E-state index in [4.69, 9.17) is 0 Å². The molecule has 1 N–H and O–H groups in total. The molecule has 0 saturated heterocycles.